The van der Waals surface area contributed by atoms with Crippen LogP contribution in [0.3, 0.4) is 0 Å². The fourth-order valence-corrected chi connectivity index (χ4v) is 1.80. The van der Waals surface area contributed by atoms with E-state index in [1.54, 1.807) is 20.4 Å². The van der Waals surface area contributed by atoms with Crippen LogP contribution in [0.25, 0.3) is 11.3 Å². The van der Waals surface area contributed by atoms with E-state index in [9.17, 15) is 0 Å². The minimum absolute atomic E-state index is 0.632. The Labute approximate surface area is 100 Å². The maximum atomic E-state index is 5.97. The SMILES string of the molecule is CCc1cc(N)c(OC)c(-c2cnn(C)n2)c1. The van der Waals surface area contributed by atoms with Crippen LogP contribution in [-0.4, -0.2) is 22.1 Å². The Morgan fingerprint density at radius 2 is 2.18 bits per heavy atom. The molecule has 1 heterocycles. The lowest BCUT2D eigenvalue weighted by Crippen LogP contribution is -1.98. The van der Waals surface area contributed by atoms with Gasteiger partial charge in [0.1, 0.15) is 5.69 Å². The number of rotatable bonds is 3. The van der Waals surface area contributed by atoms with E-state index < -0.39 is 0 Å². The van der Waals surface area contributed by atoms with Gasteiger partial charge in [0.15, 0.2) is 5.75 Å². The van der Waals surface area contributed by atoms with E-state index in [-0.39, 0.29) is 0 Å². The number of aromatic nitrogens is 3. The van der Waals surface area contributed by atoms with Gasteiger partial charge in [-0.15, -0.1) is 0 Å². The van der Waals surface area contributed by atoms with Gasteiger partial charge in [-0.2, -0.15) is 15.0 Å². The normalized spacial score (nSPS) is 10.5. The number of hydrogen-bond acceptors (Lipinski definition) is 4. The van der Waals surface area contributed by atoms with Crippen LogP contribution in [0.15, 0.2) is 18.3 Å². The maximum absolute atomic E-state index is 5.97. The second-order valence-electron chi connectivity index (χ2n) is 3.84. The monoisotopic (exact) mass is 232 g/mol. The first kappa shape index (κ1) is 11.4. The average molecular weight is 232 g/mol. The molecule has 90 valence electrons. The lowest BCUT2D eigenvalue weighted by molar-refractivity contribution is 0.418. The number of benzene rings is 1. The van der Waals surface area contributed by atoms with E-state index in [0.717, 1.165) is 23.2 Å². The highest BCUT2D eigenvalue weighted by molar-refractivity contribution is 5.75. The molecular weight excluding hydrogens is 216 g/mol. The van der Waals surface area contributed by atoms with Gasteiger partial charge in [0, 0.05) is 12.6 Å². The van der Waals surface area contributed by atoms with Crippen molar-refractivity contribution in [2.45, 2.75) is 13.3 Å². The largest absolute Gasteiger partial charge is 0.494 e. The van der Waals surface area contributed by atoms with Gasteiger partial charge in [-0.05, 0) is 24.1 Å². The van der Waals surface area contributed by atoms with E-state index in [1.807, 2.05) is 12.1 Å². The Bertz CT molecular complexity index is 533. The van der Waals surface area contributed by atoms with Crippen molar-refractivity contribution in [2.24, 2.45) is 7.05 Å². The van der Waals surface area contributed by atoms with Crippen LogP contribution >= 0.6 is 0 Å². The van der Waals surface area contributed by atoms with Crippen LogP contribution in [0.4, 0.5) is 5.69 Å². The molecule has 0 aliphatic rings. The van der Waals surface area contributed by atoms with Gasteiger partial charge in [0.2, 0.25) is 0 Å². The fourth-order valence-electron chi connectivity index (χ4n) is 1.80. The zero-order chi connectivity index (χ0) is 12.4. The third-order valence-corrected chi connectivity index (χ3v) is 2.67. The van der Waals surface area contributed by atoms with Crippen LogP contribution in [0.5, 0.6) is 5.75 Å². The summed E-state index contributed by atoms with van der Waals surface area (Å²) in [6.07, 6.45) is 2.62. The molecule has 0 atom stereocenters. The van der Waals surface area contributed by atoms with E-state index in [0.29, 0.717) is 11.4 Å². The predicted molar refractivity (Wildman–Crippen MR) is 66.8 cm³/mol. The van der Waals surface area contributed by atoms with Gasteiger partial charge in [-0.3, -0.25) is 0 Å². The number of nitrogens with two attached hydrogens (primary N) is 1. The summed E-state index contributed by atoms with van der Waals surface area (Å²) in [6.45, 7) is 2.09. The Morgan fingerprint density at radius 3 is 2.71 bits per heavy atom. The Kier molecular flexibility index (Phi) is 2.99. The molecule has 2 N–H and O–H groups in total. The van der Waals surface area contributed by atoms with Crippen LogP contribution in [-0.2, 0) is 13.5 Å². The summed E-state index contributed by atoms with van der Waals surface area (Å²) < 4.78 is 5.34. The highest BCUT2D eigenvalue weighted by atomic mass is 16.5. The van der Waals surface area contributed by atoms with E-state index in [4.69, 9.17) is 10.5 Å². The first-order valence-electron chi connectivity index (χ1n) is 5.48. The standard InChI is InChI=1S/C12H16N4O/c1-4-8-5-9(11-7-14-16(2)15-11)12(17-3)10(13)6-8/h5-7H,4,13H2,1-3H3. The molecule has 0 unspecified atom stereocenters. The maximum Gasteiger partial charge on any atom is 0.151 e. The summed E-state index contributed by atoms with van der Waals surface area (Å²) in [5, 5.41) is 8.34. The number of aryl methyl sites for hydroxylation is 2. The summed E-state index contributed by atoms with van der Waals surface area (Å²) in [5.74, 6) is 0.655. The molecule has 0 aliphatic carbocycles. The molecule has 2 rings (SSSR count). The second kappa shape index (κ2) is 4.45. The van der Waals surface area contributed by atoms with E-state index in [2.05, 4.69) is 17.1 Å². The minimum Gasteiger partial charge on any atom is -0.494 e. The van der Waals surface area contributed by atoms with Gasteiger partial charge in [0.05, 0.1) is 19.0 Å². The zero-order valence-electron chi connectivity index (χ0n) is 10.3. The van der Waals surface area contributed by atoms with Crippen molar-refractivity contribution in [1.29, 1.82) is 0 Å². The van der Waals surface area contributed by atoms with Gasteiger partial charge in [0.25, 0.3) is 0 Å². The molecule has 1 aromatic heterocycles. The van der Waals surface area contributed by atoms with Crippen molar-refractivity contribution in [3.05, 3.63) is 23.9 Å². The van der Waals surface area contributed by atoms with Crippen molar-refractivity contribution in [3.8, 4) is 17.0 Å². The topological polar surface area (TPSA) is 66.0 Å². The van der Waals surface area contributed by atoms with Crippen molar-refractivity contribution in [1.82, 2.24) is 15.0 Å². The molecular formula is C12H16N4O. The molecule has 0 aliphatic heterocycles. The number of anilines is 1. The summed E-state index contributed by atoms with van der Waals surface area (Å²) in [7, 11) is 3.39. The molecule has 0 fully saturated rings. The number of nitrogen functional groups attached to an aromatic ring is 1. The van der Waals surface area contributed by atoms with Gasteiger partial charge in [-0.1, -0.05) is 6.92 Å². The molecule has 0 radical (unpaired) electrons. The van der Waals surface area contributed by atoms with Gasteiger partial charge >= 0.3 is 0 Å². The second-order valence-corrected chi connectivity index (χ2v) is 3.84. The van der Waals surface area contributed by atoms with Crippen LogP contribution < -0.4 is 10.5 Å². The van der Waals surface area contributed by atoms with Crippen molar-refractivity contribution >= 4 is 5.69 Å². The quantitative estimate of drug-likeness (QED) is 0.817. The first-order chi connectivity index (χ1) is 8.15. The zero-order valence-corrected chi connectivity index (χ0v) is 10.3. The van der Waals surface area contributed by atoms with Gasteiger partial charge < -0.3 is 10.5 Å². The Morgan fingerprint density at radius 1 is 1.41 bits per heavy atom. The van der Waals surface area contributed by atoms with Crippen LogP contribution in [0.1, 0.15) is 12.5 Å². The van der Waals surface area contributed by atoms with Crippen LogP contribution in [0.2, 0.25) is 0 Å². The summed E-state index contributed by atoms with van der Waals surface area (Å²) in [5.41, 5.74) is 9.42. The van der Waals surface area contributed by atoms with E-state index in [1.165, 1.54) is 4.80 Å². The lowest BCUT2D eigenvalue weighted by atomic mass is 10.0. The van der Waals surface area contributed by atoms with E-state index >= 15 is 0 Å². The third-order valence-electron chi connectivity index (χ3n) is 2.67. The van der Waals surface area contributed by atoms with Crippen molar-refractivity contribution in [3.63, 3.8) is 0 Å². The lowest BCUT2D eigenvalue weighted by Gasteiger charge is -2.11. The predicted octanol–water partition coefficient (Wildman–Crippen LogP) is 1.64. The number of nitrogens with zero attached hydrogens (tertiary/aromatic N) is 3. The van der Waals surface area contributed by atoms with Crippen molar-refractivity contribution < 1.29 is 4.74 Å². The van der Waals surface area contributed by atoms with Crippen LogP contribution in [0, 0.1) is 0 Å². The fraction of sp³-hybridized carbons (Fsp3) is 0.333. The molecule has 5 nitrogen and oxygen atoms in total. The minimum atomic E-state index is 0.632. The van der Waals surface area contributed by atoms with Gasteiger partial charge in [-0.25, -0.2) is 0 Å². The molecule has 0 amide bonds. The molecule has 5 heteroatoms. The Balaban J connectivity index is 2.61. The highest BCUT2D eigenvalue weighted by Crippen LogP contribution is 2.35. The molecule has 0 spiro atoms. The number of ether oxygens (including phenoxy) is 1. The molecule has 1 aromatic carbocycles. The molecule has 0 saturated heterocycles. The number of methoxy groups -OCH3 is 1. The molecule has 17 heavy (non-hydrogen) atoms. The first-order valence-corrected chi connectivity index (χ1v) is 5.48. The highest BCUT2D eigenvalue weighted by Gasteiger charge is 2.13. The summed E-state index contributed by atoms with van der Waals surface area (Å²) in [4.78, 5) is 1.52. The Hall–Kier alpha value is -2.04. The molecule has 0 saturated carbocycles. The average Bonchev–Trinajstić information content (AvgIpc) is 2.74. The summed E-state index contributed by atoms with van der Waals surface area (Å²) in [6, 6.07) is 3.97. The smallest absolute Gasteiger partial charge is 0.151 e. The summed E-state index contributed by atoms with van der Waals surface area (Å²) >= 11 is 0. The molecule has 2 aromatic rings. The number of hydrogen-bond donors (Lipinski definition) is 1. The van der Waals surface area contributed by atoms with Crippen molar-refractivity contribution in [2.75, 3.05) is 12.8 Å². The third kappa shape index (κ3) is 2.08. The molecule has 0 bridgehead atoms.